The number of hydrogen-bond acceptors (Lipinski definition) is 5. The molecule has 5 nitrogen and oxygen atoms in total. The summed E-state index contributed by atoms with van der Waals surface area (Å²) >= 11 is 0. The highest BCUT2D eigenvalue weighted by Crippen LogP contribution is 2.19. The fraction of sp³-hybridized carbons (Fsp3) is 0.647. The maximum absolute atomic E-state index is 5.81. The molecule has 124 valence electrons. The van der Waals surface area contributed by atoms with Crippen LogP contribution in [0.5, 0.6) is 11.5 Å². The van der Waals surface area contributed by atoms with Crippen molar-refractivity contribution in [1.82, 2.24) is 4.90 Å². The molecule has 0 bridgehead atoms. The quantitative estimate of drug-likeness (QED) is 0.620. The SMILES string of the molecule is COCCCCOc1cccc(OCCN2CCOCC2)c1. The van der Waals surface area contributed by atoms with Crippen LogP contribution < -0.4 is 9.47 Å². The Kier molecular flexibility index (Phi) is 8.09. The molecule has 0 N–H and O–H groups in total. The minimum atomic E-state index is 0.692. The van der Waals surface area contributed by atoms with Crippen molar-refractivity contribution in [2.45, 2.75) is 12.8 Å². The van der Waals surface area contributed by atoms with Gasteiger partial charge < -0.3 is 18.9 Å². The van der Waals surface area contributed by atoms with Crippen molar-refractivity contribution in [3.8, 4) is 11.5 Å². The minimum Gasteiger partial charge on any atom is -0.493 e. The van der Waals surface area contributed by atoms with Crippen LogP contribution in [0, 0.1) is 0 Å². The Morgan fingerprint density at radius 2 is 1.68 bits per heavy atom. The zero-order valence-electron chi connectivity index (χ0n) is 13.5. The standard InChI is InChI=1S/C17H27NO4/c1-19-10-2-3-11-21-16-5-4-6-17(15-16)22-14-9-18-7-12-20-13-8-18/h4-6,15H,2-3,7-14H2,1H3. The van der Waals surface area contributed by atoms with E-state index in [0.29, 0.717) is 13.2 Å². The Bertz CT molecular complexity index is 407. The van der Waals surface area contributed by atoms with Gasteiger partial charge in [0, 0.05) is 39.4 Å². The molecule has 1 aliphatic heterocycles. The number of methoxy groups -OCH3 is 1. The molecule has 1 heterocycles. The van der Waals surface area contributed by atoms with Crippen LogP contribution >= 0.6 is 0 Å². The number of hydrogen-bond donors (Lipinski definition) is 0. The van der Waals surface area contributed by atoms with E-state index in [1.165, 1.54) is 0 Å². The summed E-state index contributed by atoms with van der Waals surface area (Å²) in [4.78, 5) is 2.36. The molecule has 0 radical (unpaired) electrons. The van der Waals surface area contributed by atoms with Gasteiger partial charge in [-0.3, -0.25) is 4.90 Å². The molecular formula is C17H27NO4. The zero-order valence-corrected chi connectivity index (χ0v) is 13.5. The largest absolute Gasteiger partial charge is 0.493 e. The monoisotopic (exact) mass is 309 g/mol. The van der Waals surface area contributed by atoms with Gasteiger partial charge in [-0.25, -0.2) is 0 Å². The molecule has 0 spiro atoms. The Morgan fingerprint density at radius 3 is 2.41 bits per heavy atom. The van der Waals surface area contributed by atoms with Gasteiger partial charge >= 0.3 is 0 Å². The number of morpholine rings is 1. The minimum absolute atomic E-state index is 0.692. The third kappa shape index (κ3) is 6.64. The van der Waals surface area contributed by atoms with Crippen molar-refractivity contribution in [2.24, 2.45) is 0 Å². The molecule has 1 aromatic carbocycles. The third-order valence-corrected chi connectivity index (χ3v) is 3.60. The smallest absolute Gasteiger partial charge is 0.123 e. The van der Waals surface area contributed by atoms with E-state index in [1.807, 2.05) is 24.3 Å². The fourth-order valence-electron chi connectivity index (χ4n) is 2.31. The highest BCUT2D eigenvalue weighted by atomic mass is 16.5. The average molecular weight is 309 g/mol. The maximum atomic E-state index is 5.81. The van der Waals surface area contributed by atoms with Gasteiger partial charge in [-0.2, -0.15) is 0 Å². The first-order chi connectivity index (χ1) is 10.9. The van der Waals surface area contributed by atoms with E-state index in [2.05, 4.69) is 4.90 Å². The predicted octanol–water partition coefficient (Wildman–Crippen LogP) is 2.20. The van der Waals surface area contributed by atoms with Gasteiger partial charge in [0.25, 0.3) is 0 Å². The van der Waals surface area contributed by atoms with Gasteiger partial charge in [0.15, 0.2) is 0 Å². The lowest BCUT2D eigenvalue weighted by Gasteiger charge is -2.26. The molecule has 0 unspecified atom stereocenters. The topological polar surface area (TPSA) is 40.2 Å². The van der Waals surface area contributed by atoms with Crippen LogP contribution in [0.2, 0.25) is 0 Å². The van der Waals surface area contributed by atoms with Crippen LogP contribution in [0.1, 0.15) is 12.8 Å². The van der Waals surface area contributed by atoms with E-state index < -0.39 is 0 Å². The van der Waals surface area contributed by atoms with E-state index in [-0.39, 0.29) is 0 Å². The number of rotatable bonds is 10. The highest BCUT2D eigenvalue weighted by Gasteiger charge is 2.09. The zero-order chi connectivity index (χ0) is 15.5. The van der Waals surface area contributed by atoms with Crippen LogP contribution in [-0.2, 0) is 9.47 Å². The number of unbranched alkanes of at least 4 members (excludes halogenated alkanes) is 1. The van der Waals surface area contributed by atoms with Crippen molar-refractivity contribution in [2.75, 3.05) is 59.8 Å². The molecule has 0 saturated carbocycles. The first kappa shape index (κ1) is 17.1. The predicted molar refractivity (Wildman–Crippen MR) is 85.8 cm³/mol. The third-order valence-electron chi connectivity index (χ3n) is 3.60. The van der Waals surface area contributed by atoms with Crippen molar-refractivity contribution in [3.63, 3.8) is 0 Å². The van der Waals surface area contributed by atoms with E-state index in [9.17, 15) is 0 Å². The molecule has 5 heteroatoms. The van der Waals surface area contributed by atoms with Gasteiger partial charge in [-0.15, -0.1) is 0 Å². The van der Waals surface area contributed by atoms with Crippen molar-refractivity contribution in [3.05, 3.63) is 24.3 Å². The van der Waals surface area contributed by atoms with Gasteiger partial charge in [-0.05, 0) is 25.0 Å². The second-order valence-electron chi connectivity index (χ2n) is 5.33. The molecular weight excluding hydrogens is 282 g/mol. The summed E-state index contributed by atoms with van der Waals surface area (Å²) < 4.78 is 21.9. The van der Waals surface area contributed by atoms with E-state index in [0.717, 1.165) is 63.8 Å². The molecule has 0 aromatic heterocycles. The van der Waals surface area contributed by atoms with Gasteiger partial charge in [-0.1, -0.05) is 6.07 Å². The van der Waals surface area contributed by atoms with Gasteiger partial charge in [0.05, 0.1) is 19.8 Å². The lowest BCUT2D eigenvalue weighted by Crippen LogP contribution is -2.38. The Morgan fingerprint density at radius 1 is 1.00 bits per heavy atom. The summed E-state index contributed by atoms with van der Waals surface area (Å²) in [5.41, 5.74) is 0. The summed E-state index contributed by atoms with van der Waals surface area (Å²) in [5.74, 6) is 1.73. The molecule has 1 aliphatic rings. The van der Waals surface area contributed by atoms with Crippen LogP contribution in [0.4, 0.5) is 0 Å². The van der Waals surface area contributed by atoms with Gasteiger partial charge in [0.2, 0.25) is 0 Å². The van der Waals surface area contributed by atoms with Crippen molar-refractivity contribution >= 4 is 0 Å². The van der Waals surface area contributed by atoms with Crippen LogP contribution in [0.15, 0.2) is 24.3 Å². The molecule has 0 aliphatic carbocycles. The second-order valence-corrected chi connectivity index (χ2v) is 5.33. The summed E-state index contributed by atoms with van der Waals surface area (Å²) in [6, 6.07) is 7.85. The summed E-state index contributed by atoms with van der Waals surface area (Å²) in [6.07, 6.45) is 2.02. The molecule has 0 atom stereocenters. The van der Waals surface area contributed by atoms with Crippen LogP contribution in [0.25, 0.3) is 0 Å². The van der Waals surface area contributed by atoms with Crippen LogP contribution in [-0.4, -0.2) is 64.7 Å². The number of ether oxygens (including phenoxy) is 4. The Hall–Kier alpha value is -1.30. The molecule has 2 rings (SSSR count). The van der Waals surface area contributed by atoms with Crippen LogP contribution in [0.3, 0.4) is 0 Å². The number of nitrogens with zero attached hydrogens (tertiary/aromatic N) is 1. The maximum Gasteiger partial charge on any atom is 0.123 e. The second kappa shape index (κ2) is 10.4. The number of benzene rings is 1. The summed E-state index contributed by atoms with van der Waals surface area (Å²) in [6.45, 7) is 6.76. The van der Waals surface area contributed by atoms with Crippen molar-refractivity contribution in [1.29, 1.82) is 0 Å². The summed E-state index contributed by atoms with van der Waals surface area (Å²) in [5, 5.41) is 0. The average Bonchev–Trinajstić information content (AvgIpc) is 2.56. The Labute approximate surface area is 133 Å². The first-order valence-electron chi connectivity index (χ1n) is 8.03. The Balaban J connectivity index is 1.64. The molecule has 1 fully saturated rings. The van der Waals surface area contributed by atoms with Crippen molar-refractivity contribution < 1.29 is 18.9 Å². The molecule has 1 aromatic rings. The molecule has 0 amide bonds. The van der Waals surface area contributed by atoms with E-state index >= 15 is 0 Å². The molecule has 1 saturated heterocycles. The fourth-order valence-corrected chi connectivity index (χ4v) is 2.31. The first-order valence-corrected chi connectivity index (χ1v) is 8.03. The highest BCUT2D eigenvalue weighted by molar-refractivity contribution is 5.32. The molecule has 22 heavy (non-hydrogen) atoms. The van der Waals surface area contributed by atoms with E-state index in [1.54, 1.807) is 7.11 Å². The van der Waals surface area contributed by atoms with Gasteiger partial charge in [0.1, 0.15) is 18.1 Å². The van der Waals surface area contributed by atoms with E-state index in [4.69, 9.17) is 18.9 Å². The summed E-state index contributed by atoms with van der Waals surface area (Å²) in [7, 11) is 1.72. The normalized spacial score (nSPS) is 15.7. The lowest BCUT2D eigenvalue weighted by atomic mass is 10.3. The lowest BCUT2D eigenvalue weighted by molar-refractivity contribution is 0.0322.